The molecule has 0 saturated heterocycles. The minimum absolute atomic E-state index is 0.558. The van der Waals surface area contributed by atoms with E-state index in [9.17, 15) is 9.59 Å². The second-order valence-corrected chi connectivity index (χ2v) is 6.29. The molecule has 1 aliphatic heterocycles. The fraction of sp³-hybridized carbons (Fsp3) is 0.375. The zero-order valence-corrected chi connectivity index (χ0v) is 14.2. The number of hydrogen-bond acceptors (Lipinski definition) is 3. The molecule has 1 aromatic carbocycles. The van der Waals surface area contributed by atoms with Crippen molar-refractivity contribution in [1.29, 1.82) is 0 Å². The maximum Gasteiger partial charge on any atom is 0.328 e. The zero-order chi connectivity index (χ0) is 16.7. The highest BCUT2D eigenvalue weighted by molar-refractivity contribution is 9.10. The van der Waals surface area contributed by atoms with Crippen molar-refractivity contribution in [2.75, 3.05) is 18.0 Å². The van der Waals surface area contributed by atoms with E-state index in [1.165, 1.54) is 35.2 Å². The van der Waals surface area contributed by atoms with E-state index >= 15 is 0 Å². The summed E-state index contributed by atoms with van der Waals surface area (Å²) in [6.07, 6.45) is 2.32. The van der Waals surface area contributed by atoms with Crippen molar-refractivity contribution in [3.8, 4) is 0 Å². The SMILES string of the molecule is CC(C)CN1CCc2ccc(Br)cc21.O=C(O)/C=C/C(=O)O. The van der Waals surface area contributed by atoms with Gasteiger partial charge < -0.3 is 15.1 Å². The van der Waals surface area contributed by atoms with Gasteiger partial charge in [0.2, 0.25) is 0 Å². The number of anilines is 1. The highest BCUT2D eigenvalue weighted by Crippen LogP contribution is 2.31. The number of rotatable bonds is 4. The molecule has 0 unspecified atom stereocenters. The van der Waals surface area contributed by atoms with Crippen LogP contribution in [0.2, 0.25) is 0 Å². The molecular weight excluding hydrogens is 350 g/mol. The molecule has 0 aromatic heterocycles. The van der Waals surface area contributed by atoms with Gasteiger partial charge in [0.1, 0.15) is 0 Å². The molecule has 6 heteroatoms. The lowest BCUT2D eigenvalue weighted by atomic mass is 10.1. The minimum atomic E-state index is -1.26. The highest BCUT2D eigenvalue weighted by atomic mass is 79.9. The van der Waals surface area contributed by atoms with Crippen molar-refractivity contribution >= 4 is 33.6 Å². The predicted molar refractivity (Wildman–Crippen MR) is 89.3 cm³/mol. The molecule has 0 radical (unpaired) electrons. The second kappa shape index (κ2) is 8.58. The molecule has 0 amide bonds. The molecule has 120 valence electrons. The summed E-state index contributed by atoms with van der Waals surface area (Å²) in [5.74, 6) is -1.78. The van der Waals surface area contributed by atoms with Crippen molar-refractivity contribution in [3.63, 3.8) is 0 Å². The molecule has 0 atom stereocenters. The number of carboxylic acid groups (broad SMARTS) is 2. The van der Waals surface area contributed by atoms with Crippen molar-refractivity contribution in [2.45, 2.75) is 20.3 Å². The number of fused-ring (bicyclic) bond motifs is 1. The van der Waals surface area contributed by atoms with Gasteiger partial charge in [-0.05, 0) is 30.0 Å². The van der Waals surface area contributed by atoms with Crippen molar-refractivity contribution < 1.29 is 19.8 Å². The molecule has 0 saturated carbocycles. The summed E-state index contributed by atoms with van der Waals surface area (Å²) in [5, 5.41) is 15.6. The number of carboxylic acids is 2. The van der Waals surface area contributed by atoms with Crippen LogP contribution in [0.15, 0.2) is 34.8 Å². The molecule has 2 N–H and O–H groups in total. The summed E-state index contributed by atoms with van der Waals surface area (Å²) in [7, 11) is 0. The zero-order valence-electron chi connectivity index (χ0n) is 12.6. The molecule has 0 aliphatic carbocycles. The molecule has 0 bridgehead atoms. The Bertz CT molecular complexity index is 553. The molecule has 0 spiro atoms. The van der Waals surface area contributed by atoms with E-state index in [1.807, 2.05) is 0 Å². The molecule has 1 aromatic rings. The maximum atomic E-state index is 9.55. The number of aliphatic carboxylic acids is 2. The topological polar surface area (TPSA) is 77.8 Å². The van der Waals surface area contributed by atoms with Crippen LogP contribution in [0.4, 0.5) is 5.69 Å². The van der Waals surface area contributed by atoms with Gasteiger partial charge in [0.15, 0.2) is 0 Å². The van der Waals surface area contributed by atoms with E-state index in [2.05, 4.69) is 52.9 Å². The number of hydrogen-bond donors (Lipinski definition) is 2. The van der Waals surface area contributed by atoms with Crippen LogP contribution in [-0.4, -0.2) is 35.2 Å². The Morgan fingerprint density at radius 2 is 1.86 bits per heavy atom. The molecular formula is C16H20BrNO4. The van der Waals surface area contributed by atoms with Crippen LogP contribution in [0.5, 0.6) is 0 Å². The number of carbonyl (C=O) groups is 2. The molecule has 0 fully saturated rings. The van der Waals surface area contributed by atoms with Gasteiger partial charge in [-0.3, -0.25) is 0 Å². The van der Waals surface area contributed by atoms with Gasteiger partial charge in [0.05, 0.1) is 0 Å². The van der Waals surface area contributed by atoms with Crippen LogP contribution in [0, 0.1) is 5.92 Å². The fourth-order valence-electron chi connectivity index (χ4n) is 2.19. The summed E-state index contributed by atoms with van der Waals surface area (Å²) in [6.45, 7) is 6.90. The molecule has 5 nitrogen and oxygen atoms in total. The smallest absolute Gasteiger partial charge is 0.328 e. The van der Waals surface area contributed by atoms with E-state index in [1.54, 1.807) is 0 Å². The molecule has 2 rings (SSSR count). The van der Waals surface area contributed by atoms with Crippen LogP contribution in [0.1, 0.15) is 19.4 Å². The highest BCUT2D eigenvalue weighted by Gasteiger charge is 2.19. The van der Waals surface area contributed by atoms with Gasteiger partial charge in [0.25, 0.3) is 0 Å². The lowest BCUT2D eigenvalue weighted by molar-refractivity contribution is -0.134. The van der Waals surface area contributed by atoms with Gasteiger partial charge >= 0.3 is 11.9 Å². The largest absolute Gasteiger partial charge is 0.478 e. The number of halogens is 1. The van der Waals surface area contributed by atoms with Crippen LogP contribution in [0.3, 0.4) is 0 Å². The summed E-state index contributed by atoms with van der Waals surface area (Å²) in [6, 6.07) is 6.61. The van der Waals surface area contributed by atoms with Gasteiger partial charge in [-0.15, -0.1) is 0 Å². The second-order valence-electron chi connectivity index (χ2n) is 5.37. The van der Waals surface area contributed by atoms with Gasteiger partial charge in [-0.2, -0.15) is 0 Å². The average Bonchev–Trinajstić information content (AvgIpc) is 2.79. The summed E-state index contributed by atoms with van der Waals surface area (Å²) in [5.41, 5.74) is 2.92. The van der Waals surface area contributed by atoms with E-state index < -0.39 is 11.9 Å². The minimum Gasteiger partial charge on any atom is -0.478 e. The molecule has 1 aliphatic rings. The van der Waals surface area contributed by atoms with E-state index in [-0.39, 0.29) is 0 Å². The summed E-state index contributed by atoms with van der Waals surface area (Å²) in [4.78, 5) is 21.6. The van der Waals surface area contributed by atoms with E-state index in [4.69, 9.17) is 10.2 Å². The normalized spacial score (nSPS) is 13.0. The lowest BCUT2D eigenvalue weighted by Crippen LogP contribution is -2.25. The maximum absolute atomic E-state index is 9.55. The Hall–Kier alpha value is -1.82. The Labute approximate surface area is 138 Å². The Morgan fingerprint density at radius 3 is 2.36 bits per heavy atom. The Morgan fingerprint density at radius 1 is 1.27 bits per heavy atom. The van der Waals surface area contributed by atoms with Crippen LogP contribution in [-0.2, 0) is 16.0 Å². The molecule has 22 heavy (non-hydrogen) atoms. The van der Waals surface area contributed by atoms with Gasteiger partial charge in [-0.1, -0.05) is 35.8 Å². The van der Waals surface area contributed by atoms with Crippen molar-refractivity contribution in [1.82, 2.24) is 0 Å². The predicted octanol–water partition coefficient (Wildman–Crippen LogP) is 3.18. The first kappa shape index (κ1) is 18.2. The van der Waals surface area contributed by atoms with Gasteiger partial charge in [0, 0.05) is 35.4 Å². The van der Waals surface area contributed by atoms with Crippen molar-refractivity contribution in [3.05, 3.63) is 40.4 Å². The third kappa shape index (κ3) is 6.30. The standard InChI is InChI=1S/C12H16BrN.C4H4O4/c1-9(2)8-14-6-5-10-3-4-11(13)7-12(10)14;5-3(6)1-2-4(7)8/h3-4,7,9H,5-6,8H2,1-2H3;1-2H,(H,5,6)(H,7,8)/b;2-1+. The van der Waals surface area contributed by atoms with Crippen molar-refractivity contribution in [2.24, 2.45) is 5.92 Å². The Balaban J connectivity index is 0.000000261. The Kier molecular flexibility index (Phi) is 7.11. The first-order valence-corrected chi connectivity index (χ1v) is 7.76. The average molecular weight is 370 g/mol. The van der Waals surface area contributed by atoms with Crippen LogP contribution >= 0.6 is 15.9 Å². The first-order chi connectivity index (χ1) is 10.3. The quantitative estimate of drug-likeness (QED) is 0.796. The van der Waals surface area contributed by atoms with Crippen LogP contribution in [0.25, 0.3) is 0 Å². The first-order valence-electron chi connectivity index (χ1n) is 6.97. The summed E-state index contributed by atoms with van der Waals surface area (Å²) >= 11 is 3.53. The number of benzene rings is 1. The van der Waals surface area contributed by atoms with Gasteiger partial charge in [-0.25, -0.2) is 9.59 Å². The number of nitrogens with zero attached hydrogens (tertiary/aromatic N) is 1. The third-order valence-electron chi connectivity index (χ3n) is 2.99. The third-order valence-corrected chi connectivity index (χ3v) is 3.49. The fourth-order valence-corrected chi connectivity index (χ4v) is 2.54. The lowest BCUT2D eigenvalue weighted by Gasteiger charge is -2.21. The van der Waals surface area contributed by atoms with E-state index in [0.717, 1.165) is 5.92 Å². The van der Waals surface area contributed by atoms with Crippen LogP contribution < -0.4 is 4.90 Å². The molecule has 1 heterocycles. The summed E-state index contributed by atoms with van der Waals surface area (Å²) < 4.78 is 1.19. The monoisotopic (exact) mass is 369 g/mol. The van der Waals surface area contributed by atoms with E-state index in [0.29, 0.717) is 12.2 Å².